The number of hydrogen-bond donors (Lipinski definition) is 2. The summed E-state index contributed by atoms with van der Waals surface area (Å²) in [6.07, 6.45) is 2.05. The van der Waals surface area contributed by atoms with Crippen molar-refractivity contribution in [3.8, 4) is 0 Å². The van der Waals surface area contributed by atoms with Gasteiger partial charge in [0, 0.05) is 23.9 Å². The molecular formula is C14H20N4O2S. The van der Waals surface area contributed by atoms with Gasteiger partial charge in [-0.05, 0) is 12.8 Å². The quantitative estimate of drug-likeness (QED) is 0.819. The molecule has 1 amide bonds. The molecule has 2 rings (SSSR count). The van der Waals surface area contributed by atoms with E-state index in [1.807, 2.05) is 6.07 Å². The van der Waals surface area contributed by atoms with Crippen LogP contribution in [0.25, 0.3) is 0 Å². The molecular weight excluding hydrogens is 288 g/mol. The Morgan fingerprint density at radius 1 is 1.48 bits per heavy atom. The van der Waals surface area contributed by atoms with Crippen LogP contribution < -0.4 is 11.1 Å². The summed E-state index contributed by atoms with van der Waals surface area (Å²) in [6, 6.07) is 1.91. The summed E-state index contributed by atoms with van der Waals surface area (Å²) in [5, 5.41) is 9.29. The molecule has 2 aromatic heterocycles. The van der Waals surface area contributed by atoms with Gasteiger partial charge in [0.05, 0.1) is 12.2 Å². The molecule has 0 aliphatic heterocycles. The second kappa shape index (κ2) is 7.33. The van der Waals surface area contributed by atoms with E-state index in [2.05, 4.69) is 29.3 Å². The molecule has 7 heteroatoms. The highest BCUT2D eigenvalue weighted by Crippen LogP contribution is 2.22. The average Bonchev–Trinajstić information content (AvgIpc) is 3.15. The number of carbonyl (C=O) groups excluding carboxylic acids is 1. The smallest absolute Gasteiger partial charge is 0.271 e. The third-order valence-corrected chi connectivity index (χ3v) is 4.23. The molecule has 21 heavy (non-hydrogen) atoms. The van der Waals surface area contributed by atoms with E-state index in [9.17, 15) is 4.79 Å². The maximum Gasteiger partial charge on any atom is 0.271 e. The Kier molecular flexibility index (Phi) is 5.46. The third kappa shape index (κ3) is 3.89. The minimum atomic E-state index is -0.230. The van der Waals surface area contributed by atoms with Gasteiger partial charge in [-0.3, -0.25) is 4.79 Å². The van der Waals surface area contributed by atoms with Crippen LogP contribution in [0.1, 0.15) is 59.6 Å². The first-order valence-electron chi connectivity index (χ1n) is 7.06. The average molecular weight is 308 g/mol. The van der Waals surface area contributed by atoms with Crippen molar-refractivity contribution in [2.45, 2.75) is 45.7 Å². The van der Waals surface area contributed by atoms with Crippen molar-refractivity contribution in [1.82, 2.24) is 15.5 Å². The lowest BCUT2D eigenvalue weighted by molar-refractivity contribution is 0.0942. The van der Waals surface area contributed by atoms with Gasteiger partial charge in [0.1, 0.15) is 10.7 Å². The lowest BCUT2D eigenvalue weighted by Gasteiger charge is -2.05. The lowest BCUT2D eigenvalue weighted by Crippen LogP contribution is -2.23. The first-order valence-corrected chi connectivity index (χ1v) is 7.94. The largest absolute Gasteiger partial charge is 0.359 e. The first-order chi connectivity index (χ1) is 10.2. The third-order valence-electron chi connectivity index (χ3n) is 3.36. The topological polar surface area (TPSA) is 94.0 Å². The van der Waals surface area contributed by atoms with Crippen molar-refractivity contribution in [3.05, 3.63) is 33.6 Å². The summed E-state index contributed by atoms with van der Waals surface area (Å²) in [4.78, 5) is 16.1. The highest BCUT2D eigenvalue weighted by molar-refractivity contribution is 7.09. The van der Waals surface area contributed by atoms with E-state index in [0.717, 1.165) is 23.5 Å². The Bertz CT molecular complexity index is 589. The zero-order chi connectivity index (χ0) is 15.2. The van der Waals surface area contributed by atoms with Crippen molar-refractivity contribution in [3.63, 3.8) is 0 Å². The van der Waals surface area contributed by atoms with Crippen LogP contribution in [0.2, 0.25) is 0 Å². The fourth-order valence-electron chi connectivity index (χ4n) is 2.08. The number of hydrogen-bond acceptors (Lipinski definition) is 6. The Hall–Kier alpha value is -1.73. The number of rotatable bonds is 7. The Morgan fingerprint density at radius 3 is 2.86 bits per heavy atom. The molecule has 0 atom stereocenters. The molecule has 0 spiro atoms. The minimum absolute atomic E-state index is 0.230. The fourth-order valence-corrected chi connectivity index (χ4v) is 2.73. The van der Waals surface area contributed by atoms with Gasteiger partial charge >= 0.3 is 0 Å². The maximum absolute atomic E-state index is 11.9. The first kappa shape index (κ1) is 15.7. The zero-order valence-electron chi connectivity index (χ0n) is 12.3. The molecule has 0 radical (unpaired) electrons. The summed E-state index contributed by atoms with van der Waals surface area (Å²) in [5.74, 6) is 0.829. The van der Waals surface area contributed by atoms with Crippen molar-refractivity contribution < 1.29 is 9.32 Å². The van der Waals surface area contributed by atoms with Crippen LogP contribution in [0.4, 0.5) is 0 Å². The van der Waals surface area contributed by atoms with Gasteiger partial charge in [0.15, 0.2) is 5.76 Å². The van der Waals surface area contributed by atoms with Crippen LogP contribution >= 0.6 is 11.3 Å². The van der Waals surface area contributed by atoms with E-state index in [1.54, 1.807) is 5.38 Å². The van der Waals surface area contributed by atoms with Crippen LogP contribution in [0.3, 0.4) is 0 Å². The van der Waals surface area contributed by atoms with Crippen molar-refractivity contribution in [2.75, 3.05) is 0 Å². The number of thiazole rings is 1. The van der Waals surface area contributed by atoms with Crippen molar-refractivity contribution in [2.24, 2.45) is 5.73 Å². The predicted octanol–water partition coefficient (Wildman–Crippen LogP) is 2.42. The Balaban J connectivity index is 1.92. The molecule has 0 aromatic carbocycles. The molecule has 3 N–H and O–H groups in total. The van der Waals surface area contributed by atoms with E-state index in [-0.39, 0.29) is 5.91 Å². The molecule has 2 aromatic rings. The fraction of sp³-hybridized carbons (Fsp3) is 0.500. The molecule has 114 valence electrons. The van der Waals surface area contributed by atoms with Gasteiger partial charge in [0.25, 0.3) is 5.91 Å². The molecule has 6 nitrogen and oxygen atoms in total. The molecule has 0 bridgehead atoms. The second-order valence-electron chi connectivity index (χ2n) is 4.74. The molecule has 0 saturated carbocycles. The number of nitrogens with two attached hydrogens (primary N) is 1. The highest BCUT2D eigenvalue weighted by atomic mass is 32.1. The van der Waals surface area contributed by atoms with Gasteiger partial charge in [-0.25, -0.2) is 4.98 Å². The SMILES string of the molecule is CCC(CC)c1cc(CNC(=O)c2csc(CN)n2)on1. The molecule has 0 aliphatic rings. The van der Waals surface area contributed by atoms with Gasteiger partial charge in [0.2, 0.25) is 0 Å². The van der Waals surface area contributed by atoms with E-state index in [4.69, 9.17) is 10.3 Å². The van der Waals surface area contributed by atoms with Crippen molar-refractivity contribution in [1.29, 1.82) is 0 Å². The monoisotopic (exact) mass is 308 g/mol. The van der Waals surface area contributed by atoms with Crippen LogP contribution in [0, 0.1) is 0 Å². The van der Waals surface area contributed by atoms with Gasteiger partial charge in [-0.15, -0.1) is 11.3 Å². The van der Waals surface area contributed by atoms with Gasteiger partial charge in [-0.1, -0.05) is 19.0 Å². The number of aromatic nitrogens is 2. The van der Waals surface area contributed by atoms with E-state index in [0.29, 0.717) is 30.5 Å². The Labute approximate surface area is 127 Å². The van der Waals surface area contributed by atoms with E-state index < -0.39 is 0 Å². The number of nitrogens with zero attached hydrogens (tertiary/aromatic N) is 2. The van der Waals surface area contributed by atoms with Crippen LogP contribution in [0.5, 0.6) is 0 Å². The standard InChI is InChI=1S/C14H20N4O2S/c1-3-9(4-2)11-5-10(20-18-11)7-16-14(19)12-8-21-13(6-15)17-12/h5,8-9H,3-4,6-7,15H2,1-2H3,(H,16,19). The van der Waals surface area contributed by atoms with Gasteiger partial charge in [-0.2, -0.15) is 0 Å². The lowest BCUT2D eigenvalue weighted by atomic mass is 9.99. The second-order valence-corrected chi connectivity index (χ2v) is 5.69. The summed E-state index contributed by atoms with van der Waals surface area (Å²) < 4.78 is 5.26. The van der Waals surface area contributed by atoms with Crippen LogP contribution in [0.15, 0.2) is 16.0 Å². The number of nitrogens with one attached hydrogen (secondary N) is 1. The normalized spacial score (nSPS) is 11.0. The molecule has 0 aliphatic carbocycles. The summed E-state index contributed by atoms with van der Waals surface area (Å²) in [6.45, 7) is 4.91. The van der Waals surface area contributed by atoms with E-state index in [1.165, 1.54) is 11.3 Å². The number of amides is 1. The van der Waals surface area contributed by atoms with Gasteiger partial charge < -0.3 is 15.6 Å². The summed E-state index contributed by atoms with van der Waals surface area (Å²) >= 11 is 1.38. The van der Waals surface area contributed by atoms with E-state index >= 15 is 0 Å². The van der Waals surface area contributed by atoms with Crippen LogP contribution in [-0.2, 0) is 13.1 Å². The van der Waals surface area contributed by atoms with Crippen molar-refractivity contribution >= 4 is 17.2 Å². The minimum Gasteiger partial charge on any atom is -0.359 e. The Morgan fingerprint density at radius 2 is 2.24 bits per heavy atom. The summed E-state index contributed by atoms with van der Waals surface area (Å²) in [7, 11) is 0. The molecule has 2 heterocycles. The highest BCUT2D eigenvalue weighted by Gasteiger charge is 2.14. The molecule has 0 saturated heterocycles. The summed E-state index contributed by atoms with van der Waals surface area (Å²) in [5.41, 5.74) is 6.82. The number of carbonyl (C=O) groups is 1. The zero-order valence-corrected chi connectivity index (χ0v) is 13.1. The maximum atomic E-state index is 11.9. The predicted molar refractivity (Wildman–Crippen MR) is 81.0 cm³/mol. The molecule has 0 fully saturated rings. The van der Waals surface area contributed by atoms with Crippen LogP contribution in [-0.4, -0.2) is 16.0 Å². The molecule has 0 unspecified atom stereocenters.